The Bertz CT molecular complexity index is 367. The number of nitrogens with zero attached hydrogens (tertiary/aromatic N) is 1. The van der Waals surface area contributed by atoms with Crippen LogP contribution in [-0.2, 0) is 0 Å². The van der Waals surface area contributed by atoms with E-state index in [2.05, 4.69) is 12.2 Å². The first-order valence-electron chi connectivity index (χ1n) is 5.25. The van der Waals surface area contributed by atoms with Gasteiger partial charge in [0.15, 0.2) is 0 Å². The molecule has 0 aromatic carbocycles. The molecule has 1 aromatic rings. The molecule has 16 heavy (non-hydrogen) atoms. The van der Waals surface area contributed by atoms with E-state index in [1.807, 2.05) is 23.3 Å². The van der Waals surface area contributed by atoms with Crippen LogP contribution in [0.5, 0.6) is 0 Å². The van der Waals surface area contributed by atoms with Gasteiger partial charge in [-0.15, -0.1) is 23.7 Å². The SMILES string of the molecule is Cc1ccsc1C(=O)N1CCNC(C)C1.Cl. The molecule has 0 spiro atoms. The number of hydrogen-bond acceptors (Lipinski definition) is 3. The van der Waals surface area contributed by atoms with Gasteiger partial charge in [-0.2, -0.15) is 0 Å². The fourth-order valence-electron chi connectivity index (χ4n) is 1.85. The molecule has 1 amide bonds. The van der Waals surface area contributed by atoms with E-state index in [0.717, 1.165) is 30.1 Å². The van der Waals surface area contributed by atoms with Crippen molar-refractivity contribution in [3.8, 4) is 0 Å². The number of carbonyl (C=O) groups excluding carboxylic acids is 1. The first-order chi connectivity index (χ1) is 7.18. The summed E-state index contributed by atoms with van der Waals surface area (Å²) < 4.78 is 0. The molecule has 5 heteroatoms. The van der Waals surface area contributed by atoms with E-state index >= 15 is 0 Å². The molecule has 1 fully saturated rings. The van der Waals surface area contributed by atoms with Gasteiger partial charge >= 0.3 is 0 Å². The maximum absolute atomic E-state index is 12.1. The molecule has 1 unspecified atom stereocenters. The summed E-state index contributed by atoms with van der Waals surface area (Å²) in [5.41, 5.74) is 1.09. The third kappa shape index (κ3) is 2.75. The topological polar surface area (TPSA) is 32.3 Å². The Hall–Kier alpha value is -0.580. The van der Waals surface area contributed by atoms with Crippen molar-refractivity contribution in [2.24, 2.45) is 0 Å². The Morgan fingerprint density at radius 2 is 2.38 bits per heavy atom. The maximum Gasteiger partial charge on any atom is 0.264 e. The van der Waals surface area contributed by atoms with Crippen molar-refractivity contribution in [2.45, 2.75) is 19.9 Å². The van der Waals surface area contributed by atoms with Crippen LogP contribution in [0.3, 0.4) is 0 Å². The first-order valence-corrected chi connectivity index (χ1v) is 6.13. The van der Waals surface area contributed by atoms with Crippen LogP contribution < -0.4 is 5.32 Å². The van der Waals surface area contributed by atoms with E-state index in [4.69, 9.17) is 0 Å². The van der Waals surface area contributed by atoms with E-state index in [0.29, 0.717) is 6.04 Å². The lowest BCUT2D eigenvalue weighted by molar-refractivity contribution is 0.0713. The Morgan fingerprint density at radius 1 is 1.62 bits per heavy atom. The van der Waals surface area contributed by atoms with Crippen LogP contribution in [0.2, 0.25) is 0 Å². The number of aryl methyl sites for hydroxylation is 1. The van der Waals surface area contributed by atoms with Crippen molar-refractivity contribution in [3.63, 3.8) is 0 Å². The highest BCUT2D eigenvalue weighted by atomic mass is 35.5. The van der Waals surface area contributed by atoms with E-state index in [1.54, 1.807) is 11.3 Å². The monoisotopic (exact) mass is 260 g/mol. The van der Waals surface area contributed by atoms with E-state index in [9.17, 15) is 4.79 Å². The standard InChI is InChI=1S/C11H16N2OS.ClH/c1-8-3-6-15-10(8)11(14)13-5-4-12-9(2)7-13;/h3,6,9,12H,4-5,7H2,1-2H3;1H. The van der Waals surface area contributed by atoms with Crippen LogP contribution in [-0.4, -0.2) is 36.5 Å². The van der Waals surface area contributed by atoms with Gasteiger partial charge in [-0.1, -0.05) is 0 Å². The molecular weight excluding hydrogens is 244 g/mol. The van der Waals surface area contributed by atoms with Crippen molar-refractivity contribution in [3.05, 3.63) is 21.9 Å². The Labute approximate surface area is 106 Å². The summed E-state index contributed by atoms with van der Waals surface area (Å²) in [6.07, 6.45) is 0. The van der Waals surface area contributed by atoms with Gasteiger partial charge in [0.1, 0.15) is 0 Å². The van der Waals surface area contributed by atoms with Gasteiger partial charge in [-0.25, -0.2) is 0 Å². The lowest BCUT2D eigenvalue weighted by Gasteiger charge is -2.31. The zero-order valence-electron chi connectivity index (χ0n) is 9.53. The number of piperazine rings is 1. The molecule has 3 nitrogen and oxygen atoms in total. The van der Waals surface area contributed by atoms with Gasteiger partial charge < -0.3 is 10.2 Å². The number of nitrogens with one attached hydrogen (secondary N) is 1. The molecule has 0 aliphatic carbocycles. The molecule has 1 saturated heterocycles. The normalized spacial score (nSPS) is 20.4. The van der Waals surface area contributed by atoms with Crippen LogP contribution in [0.1, 0.15) is 22.2 Å². The minimum Gasteiger partial charge on any atom is -0.335 e. The number of halogens is 1. The molecule has 0 radical (unpaired) electrons. The van der Waals surface area contributed by atoms with Crippen molar-refractivity contribution < 1.29 is 4.79 Å². The molecular formula is C11H17ClN2OS. The van der Waals surface area contributed by atoms with Crippen molar-refractivity contribution >= 4 is 29.7 Å². The summed E-state index contributed by atoms with van der Waals surface area (Å²) in [5.74, 6) is 0.191. The van der Waals surface area contributed by atoms with Crippen molar-refractivity contribution in [2.75, 3.05) is 19.6 Å². The number of carbonyl (C=O) groups is 1. The first kappa shape index (κ1) is 13.5. The summed E-state index contributed by atoms with van der Waals surface area (Å²) in [6, 6.07) is 2.41. The predicted octanol–water partition coefficient (Wildman–Crippen LogP) is 1.91. The van der Waals surface area contributed by atoms with E-state index < -0.39 is 0 Å². The molecule has 0 bridgehead atoms. The Balaban J connectivity index is 0.00000128. The number of thiophene rings is 1. The predicted molar refractivity (Wildman–Crippen MR) is 69.7 cm³/mol. The molecule has 90 valence electrons. The highest BCUT2D eigenvalue weighted by Crippen LogP contribution is 2.18. The molecule has 2 rings (SSSR count). The van der Waals surface area contributed by atoms with Crippen LogP contribution in [0.15, 0.2) is 11.4 Å². The van der Waals surface area contributed by atoms with Gasteiger partial charge in [-0.05, 0) is 30.9 Å². The third-order valence-electron chi connectivity index (χ3n) is 2.71. The summed E-state index contributed by atoms with van der Waals surface area (Å²) in [5, 5.41) is 5.32. The maximum atomic E-state index is 12.1. The van der Waals surface area contributed by atoms with Crippen LogP contribution in [0.4, 0.5) is 0 Å². The second-order valence-electron chi connectivity index (χ2n) is 4.04. The third-order valence-corrected chi connectivity index (χ3v) is 3.72. The van der Waals surface area contributed by atoms with Crippen LogP contribution >= 0.6 is 23.7 Å². The van der Waals surface area contributed by atoms with Crippen LogP contribution in [0, 0.1) is 6.92 Å². The summed E-state index contributed by atoms with van der Waals surface area (Å²) in [7, 11) is 0. The van der Waals surface area contributed by atoms with Gasteiger partial charge in [0.05, 0.1) is 4.88 Å². The molecule has 1 N–H and O–H groups in total. The average molecular weight is 261 g/mol. The Kier molecular flexibility index (Phi) is 4.77. The number of amides is 1. The zero-order valence-corrected chi connectivity index (χ0v) is 11.2. The minimum absolute atomic E-state index is 0. The molecule has 1 aliphatic heterocycles. The van der Waals surface area contributed by atoms with Gasteiger partial charge in [0, 0.05) is 25.7 Å². The summed E-state index contributed by atoms with van der Waals surface area (Å²) >= 11 is 1.54. The van der Waals surface area contributed by atoms with E-state index in [1.165, 1.54) is 0 Å². The molecule has 0 saturated carbocycles. The molecule has 2 heterocycles. The van der Waals surface area contributed by atoms with Gasteiger partial charge in [0.25, 0.3) is 5.91 Å². The molecule has 1 aromatic heterocycles. The van der Waals surface area contributed by atoms with Crippen molar-refractivity contribution in [1.29, 1.82) is 0 Å². The quantitative estimate of drug-likeness (QED) is 0.837. The highest BCUT2D eigenvalue weighted by molar-refractivity contribution is 7.12. The lowest BCUT2D eigenvalue weighted by Crippen LogP contribution is -2.51. The lowest BCUT2D eigenvalue weighted by atomic mass is 10.2. The molecule has 1 aliphatic rings. The summed E-state index contributed by atoms with van der Waals surface area (Å²) in [4.78, 5) is 15.0. The van der Waals surface area contributed by atoms with Gasteiger partial charge in [-0.3, -0.25) is 4.79 Å². The smallest absolute Gasteiger partial charge is 0.264 e. The van der Waals surface area contributed by atoms with Crippen LogP contribution in [0.25, 0.3) is 0 Å². The largest absolute Gasteiger partial charge is 0.335 e. The second kappa shape index (κ2) is 5.66. The molecule has 1 atom stereocenters. The Morgan fingerprint density at radius 3 is 2.94 bits per heavy atom. The second-order valence-corrected chi connectivity index (χ2v) is 4.96. The minimum atomic E-state index is 0. The van der Waals surface area contributed by atoms with E-state index in [-0.39, 0.29) is 18.3 Å². The number of hydrogen-bond donors (Lipinski definition) is 1. The summed E-state index contributed by atoms with van der Waals surface area (Å²) in [6.45, 7) is 6.64. The fraction of sp³-hybridized carbons (Fsp3) is 0.545. The van der Waals surface area contributed by atoms with Gasteiger partial charge in [0.2, 0.25) is 0 Å². The number of rotatable bonds is 1. The zero-order chi connectivity index (χ0) is 10.8. The highest BCUT2D eigenvalue weighted by Gasteiger charge is 2.23. The fourth-order valence-corrected chi connectivity index (χ4v) is 2.74. The van der Waals surface area contributed by atoms with Crippen molar-refractivity contribution in [1.82, 2.24) is 10.2 Å². The average Bonchev–Trinajstić information content (AvgIpc) is 2.63.